The summed E-state index contributed by atoms with van der Waals surface area (Å²) < 4.78 is 0. The molecular weight excluding hydrogens is 356 g/mol. The fourth-order valence-corrected chi connectivity index (χ4v) is 3.82. The van der Waals surface area contributed by atoms with Crippen molar-refractivity contribution < 1.29 is 9.90 Å². The number of nitrogens with zero attached hydrogens (tertiary/aromatic N) is 2. The second-order valence-electron chi connectivity index (χ2n) is 6.00. The van der Waals surface area contributed by atoms with E-state index in [0.29, 0.717) is 5.75 Å². The van der Waals surface area contributed by atoms with E-state index in [1.165, 1.54) is 5.56 Å². The van der Waals surface area contributed by atoms with E-state index in [1.54, 1.807) is 23.9 Å². The summed E-state index contributed by atoms with van der Waals surface area (Å²) in [4.78, 5) is 16.5. The Kier molecular flexibility index (Phi) is 6.10. The van der Waals surface area contributed by atoms with Crippen LogP contribution in [0.4, 0.5) is 5.69 Å². The molecule has 1 saturated heterocycles. The number of hydrogen-bond donors (Lipinski definition) is 1. The van der Waals surface area contributed by atoms with E-state index in [-0.39, 0.29) is 11.7 Å². The number of anilines is 1. The second kappa shape index (κ2) is 8.50. The molecule has 0 radical (unpaired) electrons. The summed E-state index contributed by atoms with van der Waals surface area (Å²) in [5, 5.41) is 10.1. The van der Waals surface area contributed by atoms with Crippen LogP contribution >= 0.6 is 23.4 Å². The van der Waals surface area contributed by atoms with Crippen molar-refractivity contribution in [2.24, 2.45) is 0 Å². The zero-order valence-corrected chi connectivity index (χ0v) is 15.5. The predicted molar refractivity (Wildman–Crippen MR) is 105 cm³/mol. The lowest BCUT2D eigenvalue weighted by Gasteiger charge is -2.36. The lowest BCUT2D eigenvalue weighted by atomic mass is 10.2. The van der Waals surface area contributed by atoms with E-state index in [2.05, 4.69) is 4.90 Å². The molecule has 0 spiro atoms. The first-order valence-electron chi connectivity index (χ1n) is 8.26. The number of hydrogen-bond acceptors (Lipinski definition) is 4. The van der Waals surface area contributed by atoms with E-state index in [9.17, 15) is 9.90 Å². The molecule has 1 fully saturated rings. The molecule has 0 aliphatic carbocycles. The molecule has 6 heteroatoms. The molecule has 1 amide bonds. The molecule has 1 aliphatic rings. The number of amides is 1. The number of piperazine rings is 1. The minimum Gasteiger partial charge on any atom is -0.508 e. The van der Waals surface area contributed by atoms with Gasteiger partial charge in [-0.1, -0.05) is 23.7 Å². The summed E-state index contributed by atoms with van der Waals surface area (Å²) in [5.74, 6) is 1.79. The SMILES string of the molecule is O=C(CSCc1ccc(Cl)cc1)N1CCN(c2ccc(O)cc2)CC1. The van der Waals surface area contributed by atoms with Gasteiger partial charge in [0.05, 0.1) is 5.75 Å². The van der Waals surface area contributed by atoms with Crippen LogP contribution < -0.4 is 4.90 Å². The van der Waals surface area contributed by atoms with Crippen molar-refractivity contribution in [2.45, 2.75) is 5.75 Å². The zero-order chi connectivity index (χ0) is 17.6. The number of thioether (sulfide) groups is 1. The number of rotatable bonds is 5. The highest BCUT2D eigenvalue weighted by Crippen LogP contribution is 2.20. The Hall–Kier alpha value is -1.85. The van der Waals surface area contributed by atoms with Crippen molar-refractivity contribution in [3.8, 4) is 5.75 Å². The molecule has 2 aromatic rings. The number of halogens is 1. The highest BCUT2D eigenvalue weighted by molar-refractivity contribution is 7.99. The molecule has 1 heterocycles. The molecule has 25 heavy (non-hydrogen) atoms. The van der Waals surface area contributed by atoms with Crippen molar-refractivity contribution in [1.82, 2.24) is 4.90 Å². The maximum Gasteiger partial charge on any atom is 0.232 e. The Bertz CT molecular complexity index is 698. The Balaban J connectivity index is 1.42. The average molecular weight is 377 g/mol. The maximum atomic E-state index is 12.4. The van der Waals surface area contributed by atoms with E-state index in [0.717, 1.165) is 42.6 Å². The van der Waals surface area contributed by atoms with Crippen LogP contribution in [0.1, 0.15) is 5.56 Å². The van der Waals surface area contributed by atoms with E-state index in [4.69, 9.17) is 11.6 Å². The summed E-state index contributed by atoms with van der Waals surface area (Å²) >= 11 is 7.51. The standard InChI is InChI=1S/C19H21ClN2O2S/c20-16-3-1-15(2-4-16)13-25-14-19(24)22-11-9-21(10-12-22)17-5-7-18(23)8-6-17/h1-8,23H,9-14H2. The first-order valence-corrected chi connectivity index (χ1v) is 9.79. The summed E-state index contributed by atoms with van der Waals surface area (Å²) in [7, 11) is 0. The molecule has 0 aromatic heterocycles. The van der Waals surface area contributed by atoms with Crippen molar-refractivity contribution in [1.29, 1.82) is 0 Å². The molecule has 3 rings (SSSR count). The van der Waals surface area contributed by atoms with Gasteiger partial charge in [-0.15, -0.1) is 11.8 Å². The highest BCUT2D eigenvalue weighted by atomic mass is 35.5. The zero-order valence-electron chi connectivity index (χ0n) is 13.9. The molecule has 1 aliphatic heterocycles. The molecule has 1 N–H and O–H groups in total. The summed E-state index contributed by atoms with van der Waals surface area (Å²) in [6.07, 6.45) is 0. The number of phenols is 1. The fraction of sp³-hybridized carbons (Fsp3) is 0.316. The van der Waals surface area contributed by atoms with Gasteiger partial charge >= 0.3 is 0 Å². The number of benzene rings is 2. The lowest BCUT2D eigenvalue weighted by Crippen LogP contribution is -2.49. The Morgan fingerprint density at radius 3 is 2.28 bits per heavy atom. The van der Waals surface area contributed by atoms with Crippen LogP contribution in [0.2, 0.25) is 5.02 Å². The first-order chi connectivity index (χ1) is 12.1. The van der Waals surface area contributed by atoms with Crippen LogP contribution in [0.5, 0.6) is 5.75 Å². The van der Waals surface area contributed by atoms with E-state index in [1.807, 2.05) is 41.3 Å². The van der Waals surface area contributed by atoms with Gasteiger partial charge in [-0.3, -0.25) is 4.79 Å². The van der Waals surface area contributed by atoms with Gasteiger partial charge in [-0.2, -0.15) is 0 Å². The smallest absolute Gasteiger partial charge is 0.232 e. The van der Waals surface area contributed by atoms with Crippen molar-refractivity contribution in [3.05, 3.63) is 59.1 Å². The molecule has 132 valence electrons. The number of phenolic OH excluding ortho intramolecular Hbond substituents is 1. The van der Waals surface area contributed by atoms with Gasteiger partial charge in [0.1, 0.15) is 5.75 Å². The van der Waals surface area contributed by atoms with E-state index < -0.39 is 0 Å². The number of carbonyl (C=O) groups is 1. The minimum absolute atomic E-state index is 0.198. The van der Waals surface area contributed by atoms with Crippen LogP contribution in [-0.2, 0) is 10.5 Å². The van der Waals surface area contributed by atoms with Gasteiger partial charge in [0.2, 0.25) is 5.91 Å². The Morgan fingerprint density at radius 1 is 1.00 bits per heavy atom. The maximum absolute atomic E-state index is 12.4. The van der Waals surface area contributed by atoms with Crippen LogP contribution in [0.25, 0.3) is 0 Å². The van der Waals surface area contributed by atoms with Gasteiger partial charge in [0.25, 0.3) is 0 Å². The lowest BCUT2D eigenvalue weighted by molar-refractivity contribution is -0.128. The molecule has 0 bridgehead atoms. The van der Waals surface area contributed by atoms with Crippen molar-refractivity contribution in [3.63, 3.8) is 0 Å². The molecule has 2 aromatic carbocycles. The van der Waals surface area contributed by atoms with Crippen LogP contribution in [0.3, 0.4) is 0 Å². The normalized spacial score (nSPS) is 14.6. The first kappa shape index (κ1) is 18.0. The van der Waals surface area contributed by atoms with Crippen LogP contribution in [-0.4, -0.2) is 47.8 Å². The molecule has 0 atom stereocenters. The van der Waals surface area contributed by atoms with E-state index >= 15 is 0 Å². The van der Waals surface area contributed by atoms with Crippen LogP contribution in [0, 0.1) is 0 Å². The van der Waals surface area contributed by atoms with Crippen LogP contribution in [0.15, 0.2) is 48.5 Å². The minimum atomic E-state index is 0.198. The van der Waals surface area contributed by atoms with Crippen molar-refractivity contribution in [2.75, 3.05) is 36.8 Å². The second-order valence-corrected chi connectivity index (χ2v) is 7.43. The monoisotopic (exact) mass is 376 g/mol. The third-order valence-electron chi connectivity index (χ3n) is 4.25. The molecule has 0 unspecified atom stereocenters. The Morgan fingerprint density at radius 2 is 1.64 bits per heavy atom. The third kappa shape index (κ3) is 5.06. The van der Waals surface area contributed by atoms with Gasteiger partial charge in [0.15, 0.2) is 0 Å². The third-order valence-corrected chi connectivity index (χ3v) is 5.50. The van der Waals surface area contributed by atoms with Gasteiger partial charge in [0, 0.05) is 42.6 Å². The topological polar surface area (TPSA) is 43.8 Å². The average Bonchev–Trinajstić information content (AvgIpc) is 2.64. The predicted octanol–water partition coefficient (Wildman–Crippen LogP) is 3.63. The number of aromatic hydroxyl groups is 1. The molecular formula is C19H21ClN2O2S. The van der Waals surface area contributed by atoms with Gasteiger partial charge in [-0.05, 0) is 42.0 Å². The summed E-state index contributed by atoms with van der Waals surface area (Å²) in [6, 6.07) is 15.0. The fourth-order valence-electron chi connectivity index (χ4n) is 2.81. The van der Waals surface area contributed by atoms with Gasteiger partial charge in [-0.25, -0.2) is 0 Å². The van der Waals surface area contributed by atoms with Crippen molar-refractivity contribution >= 4 is 35.0 Å². The van der Waals surface area contributed by atoms with Gasteiger partial charge < -0.3 is 14.9 Å². The molecule has 0 saturated carbocycles. The molecule has 4 nitrogen and oxygen atoms in total. The summed E-state index contributed by atoms with van der Waals surface area (Å²) in [5.41, 5.74) is 2.27. The largest absolute Gasteiger partial charge is 0.508 e. The number of carbonyl (C=O) groups excluding carboxylic acids is 1. The quantitative estimate of drug-likeness (QED) is 0.865. The Labute approximate surface area is 157 Å². The highest BCUT2D eigenvalue weighted by Gasteiger charge is 2.21. The summed E-state index contributed by atoms with van der Waals surface area (Å²) in [6.45, 7) is 3.11.